The average Bonchev–Trinajstić information content (AvgIpc) is 2.57. The summed E-state index contributed by atoms with van der Waals surface area (Å²) in [6, 6.07) is 5.39. The SMILES string of the molecule is CC1CCCCCC1Nc1ccc(N)cc1C(=O)O. The topological polar surface area (TPSA) is 75.3 Å². The van der Waals surface area contributed by atoms with Gasteiger partial charge in [-0.25, -0.2) is 4.79 Å². The van der Waals surface area contributed by atoms with E-state index < -0.39 is 5.97 Å². The number of nitrogens with one attached hydrogen (secondary N) is 1. The summed E-state index contributed by atoms with van der Waals surface area (Å²) in [5, 5.41) is 12.7. The lowest BCUT2D eigenvalue weighted by atomic mass is 9.96. The van der Waals surface area contributed by atoms with Crippen LogP contribution in [0.25, 0.3) is 0 Å². The van der Waals surface area contributed by atoms with Crippen LogP contribution >= 0.6 is 0 Å². The van der Waals surface area contributed by atoms with Crippen molar-refractivity contribution in [1.82, 2.24) is 0 Å². The highest BCUT2D eigenvalue weighted by Crippen LogP contribution is 2.28. The number of carboxylic acid groups (broad SMARTS) is 1. The Kier molecular flexibility index (Phi) is 4.30. The summed E-state index contributed by atoms with van der Waals surface area (Å²) >= 11 is 0. The van der Waals surface area contributed by atoms with Crippen LogP contribution in [0.15, 0.2) is 18.2 Å². The van der Waals surface area contributed by atoms with Gasteiger partial charge in [-0.05, 0) is 37.0 Å². The molecule has 1 aromatic carbocycles. The van der Waals surface area contributed by atoms with Crippen LogP contribution in [-0.2, 0) is 0 Å². The zero-order valence-electron chi connectivity index (χ0n) is 11.4. The largest absolute Gasteiger partial charge is 0.478 e. The second-order valence-electron chi connectivity index (χ2n) is 5.48. The van der Waals surface area contributed by atoms with Crippen molar-refractivity contribution >= 4 is 17.3 Å². The predicted octanol–water partition coefficient (Wildman–Crippen LogP) is 3.35. The Morgan fingerprint density at radius 3 is 2.79 bits per heavy atom. The van der Waals surface area contributed by atoms with E-state index in [-0.39, 0.29) is 5.56 Å². The maximum absolute atomic E-state index is 11.3. The minimum atomic E-state index is -0.934. The molecule has 0 bridgehead atoms. The van der Waals surface area contributed by atoms with Crippen molar-refractivity contribution in [3.8, 4) is 0 Å². The summed E-state index contributed by atoms with van der Waals surface area (Å²) in [6.07, 6.45) is 6.06. The Morgan fingerprint density at radius 2 is 2.05 bits per heavy atom. The molecule has 1 fully saturated rings. The molecule has 4 heteroatoms. The lowest BCUT2D eigenvalue weighted by Gasteiger charge is -2.25. The molecule has 2 rings (SSSR count). The average molecular weight is 262 g/mol. The van der Waals surface area contributed by atoms with Gasteiger partial charge < -0.3 is 16.2 Å². The molecule has 2 unspecified atom stereocenters. The fourth-order valence-corrected chi connectivity index (χ4v) is 2.77. The molecule has 0 spiro atoms. The molecule has 2 atom stereocenters. The van der Waals surface area contributed by atoms with E-state index >= 15 is 0 Å². The number of hydrogen-bond acceptors (Lipinski definition) is 3. The molecule has 19 heavy (non-hydrogen) atoms. The smallest absolute Gasteiger partial charge is 0.337 e. The molecule has 0 radical (unpaired) electrons. The lowest BCUT2D eigenvalue weighted by Crippen LogP contribution is -2.27. The first kappa shape index (κ1) is 13.7. The summed E-state index contributed by atoms with van der Waals surface area (Å²) < 4.78 is 0. The van der Waals surface area contributed by atoms with Gasteiger partial charge in [0.1, 0.15) is 0 Å². The van der Waals surface area contributed by atoms with Crippen LogP contribution in [0.4, 0.5) is 11.4 Å². The Bertz CT molecular complexity index is 459. The minimum Gasteiger partial charge on any atom is -0.478 e. The van der Waals surface area contributed by atoms with Crippen molar-refractivity contribution in [2.75, 3.05) is 11.1 Å². The number of nitrogen functional groups attached to an aromatic ring is 1. The second kappa shape index (κ2) is 5.95. The van der Waals surface area contributed by atoms with Gasteiger partial charge in [-0.15, -0.1) is 0 Å². The first-order valence-electron chi connectivity index (χ1n) is 6.97. The van der Waals surface area contributed by atoms with Crippen LogP contribution < -0.4 is 11.1 Å². The first-order chi connectivity index (χ1) is 9.08. The fourth-order valence-electron chi connectivity index (χ4n) is 2.77. The van der Waals surface area contributed by atoms with Crippen molar-refractivity contribution in [2.24, 2.45) is 5.92 Å². The van der Waals surface area contributed by atoms with E-state index in [2.05, 4.69) is 12.2 Å². The van der Waals surface area contributed by atoms with Crippen molar-refractivity contribution in [3.05, 3.63) is 23.8 Å². The fraction of sp³-hybridized carbons (Fsp3) is 0.533. The zero-order chi connectivity index (χ0) is 13.8. The molecule has 1 saturated carbocycles. The van der Waals surface area contributed by atoms with Crippen LogP contribution in [-0.4, -0.2) is 17.1 Å². The van der Waals surface area contributed by atoms with E-state index in [1.165, 1.54) is 31.7 Å². The van der Waals surface area contributed by atoms with Gasteiger partial charge in [0.25, 0.3) is 0 Å². The molecule has 0 amide bonds. The lowest BCUT2D eigenvalue weighted by molar-refractivity contribution is 0.0698. The molecule has 0 heterocycles. The van der Waals surface area contributed by atoms with Gasteiger partial charge in [0.05, 0.1) is 5.56 Å². The Balaban J connectivity index is 2.19. The number of hydrogen-bond donors (Lipinski definition) is 3. The first-order valence-corrected chi connectivity index (χ1v) is 6.97. The number of rotatable bonds is 3. The molecule has 0 saturated heterocycles. The van der Waals surface area contributed by atoms with E-state index in [0.29, 0.717) is 23.3 Å². The third kappa shape index (κ3) is 3.40. The summed E-state index contributed by atoms with van der Waals surface area (Å²) in [4.78, 5) is 11.3. The van der Waals surface area contributed by atoms with E-state index in [9.17, 15) is 9.90 Å². The Labute approximate surface area is 114 Å². The molecule has 1 aromatic rings. The van der Waals surface area contributed by atoms with Gasteiger partial charge in [0.15, 0.2) is 0 Å². The normalized spacial score (nSPS) is 23.6. The summed E-state index contributed by atoms with van der Waals surface area (Å²) in [5.74, 6) is -0.363. The van der Waals surface area contributed by atoms with Crippen LogP contribution in [0.3, 0.4) is 0 Å². The van der Waals surface area contributed by atoms with E-state index in [1.807, 2.05) is 0 Å². The summed E-state index contributed by atoms with van der Waals surface area (Å²) in [6.45, 7) is 2.24. The van der Waals surface area contributed by atoms with Crippen LogP contribution in [0.5, 0.6) is 0 Å². The molecular formula is C15H22N2O2. The molecule has 1 aliphatic carbocycles. The zero-order valence-corrected chi connectivity index (χ0v) is 11.4. The quantitative estimate of drug-likeness (QED) is 0.577. The standard InChI is InChI=1S/C15H22N2O2/c1-10-5-3-2-4-6-13(10)17-14-8-7-11(16)9-12(14)15(18)19/h7-10,13,17H,2-6,16H2,1H3,(H,18,19). The van der Waals surface area contributed by atoms with E-state index in [0.717, 1.165) is 6.42 Å². The van der Waals surface area contributed by atoms with Gasteiger partial charge in [-0.1, -0.05) is 26.2 Å². The van der Waals surface area contributed by atoms with Gasteiger partial charge in [-0.2, -0.15) is 0 Å². The van der Waals surface area contributed by atoms with Gasteiger partial charge >= 0.3 is 5.97 Å². The number of carboxylic acids is 1. The van der Waals surface area contributed by atoms with Gasteiger partial charge in [-0.3, -0.25) is 0 Å². The van der Waals surface area contributed by atoms with Crippen molar-refractivity contribution in [2.45, 2.75) is 45.1 Å². The molecule has 4 nitrogen and oxygen atoms in total. The van der Waals surface area contributed by atoms with E-state index in [1.54, 1.807) is 12.1 Å². The number of benzene rings is 1. The molecule has 1 aliphatic rings. The number of aromatic carboxylic acids is 1. The van der Waals surface area contributed by atoms with E-state index in [4.69, 9.17) is 5.73 Å². The molecular weight excluding hydrogens is 240 g/mol. The minimum absolute atomic E-state index is 0.261. The molecule has 0 aliphatic heterocycles. The maximum Gasteiger partial charge on any atom is 0.337 e. The summed E-state index contributed by atoms with van der Waals surface area (Å²) in [7, 11) is 0. The third-order valence-corrected chi connectivity index (χ3v) is 3.98. The Morgan fingerprint density at radius 1 is 1.32 bits per heavy atom. The molecule has 4 N–H and O–H groups in total. The predicted molar refractivity (Wildman–Crippen MR) is 77.5 cm³/mol. The monoisotopic (exact) mass is 262 g/mol. The van der Waals surface area contributed by atoms with Crippen molar-refractivity contribution in [1.29, 1.82) is 0 Å². The van der Waals surface area contributed by atoms with Gasteiger partial charge in [0, 0.05) is 17.4 Å². The van der Waals surface area contributed by atoms with Crippen LogP contribution in [0.1, 0.15) is 49.4 Å². The van der Waals surface area contributed by atoms with Crippen LogP contribution in [0, 0.1) is 5.92 Å². The highest BCUT2D eigenvalue weighted by molar-refractivity contribution is 5.95. The van der Waals surface area contributed by atoms with Crippen LogP contribution in [0.2, 0.25) is 0 Å². The molecule has 104 valence electrons. The highest BCUT2D eigenvalue weighted by atomic mass is 16.4. The molecule has 0 aromatic heterocycles. The van der Waals surface area contributed by atoms with Crippen molar-refractivity contribution < 1.29 is 9.90 Å². The van der Waals surface area contributed by atoms with Crippen molar-refractivity contribution in [3.63, 3.8) is 0 Å². The number of carbonyl (C=O) groups is 1. The highest BCUT2D eigenvalue weighted by Gasteiger charge is 2.21. The third-order valence-electron chi connectivity index (χ3n) is 3.98. The number of anilines is 2. The number of nitrogens with two attached hydrogens (primary N) is 1. The van der Waals surface area contributed by atoms with Gasteiger partial charge in [0.2, 0.25) is 0 Å². The maximum atomic E-state index is 11.3. The Hall–Kier alpha value is -1.71. The summed E-state index contributed by atoms with van der Waals surface area (Å²) in [5.41, 5.74) is 7.08. The second-order valence-corrected chi connectivity index (χ2v) is 5.48.